The van der Waals surface area contributed by atoms with Gasteiger partial charge in [-0.05, 0) is 6.42 Å². The molecule has 1 unspecified atom stereocenters. The first-order valence-electron chi connectivity index (χ1n) is 5.58. The van der Waals surface area contributed by atoms with E-state index in [9.17, 15) is 19.1 Å². The second-order valence-corrected chi connectivity index (χ2v) is 5.93. The SMILES string of the molecule is CS(=O)CCCNc1c(Cl)cc([N+](=O)[O-])cc1C(=O)O. The van der Waals surface area contributed by atoms with Gasteiger partial charge in [0, 0.05) is 41.5 Å². The van der Waals surface area contributed by atoms with Crippen LogP contribution >= 0.6 is 11.6 Å². The lowest BCUT2D eigenvalue weighted by molar-refractivity contribution is -0.384. The lowest BCUT2D eigenvalue weighted by Gasteiger charge is -2.11. The molecule has 7 nitrogen and oxygen atoms in total. The minimum absolute atomic E-state index is 0.0331. The van der Waals surface area contributed by atoms with E-state index in [1.165, 1.54) is 0 Å². The van der Waals surface area contributed by atoms with Crippen LogP contribution in [0.25, 0.3) is 0 Å². The average Bonchev–Trinajstić information content (AvgIpc) is 2.34. The lowest BCUT2D eigenvalue weighted by Crippen LogP contribution is -2.11. The third-order valence-electron chi connectivity index (χ3n) is 2.43. The summed E-state index contributed by atoms with van der Waals surface area (Å²) in [7, 11) is -0.931. The highest BCUT2D eigenvalue weighted by Crippen LogP contribution is 2.31. The van der Waals surface area contributed by atoms with Crippen molar-refractivity contribution in [3.63, 3.8) is 0 Å². The number of nitro groups is 1. The molecule has 0 aliphatic carbocycles. The molecule has 0 aliphatic heterocycles. The van der Waals surface area contributed by atoms with Crippen LogP contribution in [0.1, 0.15) is 16.8 Å². The maximum atomic E-state index is 11.1. The van der Waals surface area contributed by atoms with Gasteiger partial charge in [0.15, 0.2) is 0 Å². The molecule has 1 aromatic carbocycles. The normalized spacial score (nSPS) is 11.9. The minimum Gasteiger partial charge on any atom is -0.478 e. The fourth-order valence-corrected chi connectivity index (χ4v) is 2.37. The number of anilines is 1. The predicted molar refractivity (Wildman–Crippen MR) is 77.1 cm³/mol. The Morgan fingerprint density at radius 3 is 2.70 bits per heavy atom. The van der Waals surface area contributed by atoms with E-state index in [0.29, 0.717) is 18.7 Å². The summed E-state index contributed by atoms with van der Waals surface area (Å²) in [5.74, 6) is -0.836. The first-order valence-corrected chi connectivity index (χ1v) is 7.68. The van der Waals surface area contributed by atoms with Gasteiger partial charge in [-0.2, -0.15) is 0 Å². The molecule has 1 atom stereocenters. The quantitative estimate of drug-likeness (QED) is 0.452. The second kappa shape index (κ2) is 7.20. The van der Waals surface area contributed by atoms with E-state index in [-0.39, 0.29) is 22.0 Å². The molecule has 0 saturated heterocycles. The van der Waals surface area contributed by atoms with Gasteiger partial charge in [-0.1, -0.05) is 11.6 Å². The van der Waals surface area contributed by atoms with Gasteiger partial charge >= 0.3 is 5.97 Å². The maximum Gasteiger partial charge on any atom is 0.338 e. The number of hydrogen-bond acceptors (Lipinski definition) is 5. The van der Waals surface area contributed by atoms with Gasteiger partial charge in [0.25, 0.3) is 5.69 Å². The summed E-state index contributed by atoms with van der Waals surface area (Å²) in [6.07, 6.45) is 2.14. The number of nitrogens with one attached hydrogen (secondary N) is 1. The van der Waals surface area contributed by atoms with Crippen molar-refractivity contribution in [2.45, 2.75) is 6.42 Å². The van der Waals surface area contributed by atoms with Crippen LogP contribution in [0.3, 0.4) is 0 Å². The zero-order valence-corrected chi connectivity index (χ0v) is 12.2. The van der Waals surface area contributed by atoms with Crippen LogP contribution < -0.4 is 5.32 Å². The summed E-state index contributed by atoms with van der Waals surface area (Å²) in [5.41, 5.74) is -0.513. The van der Waals surface area contributed by atoms with E-state index >= 15 is 0 Å². The van der Waals surface area contributed by atoms with E-state index in [1.54, 1.807) is 6.26 Å². The molecule has 2 N–H and O–H groups in total. The third kappa shape index (κ3) is 4.46. The van der Waals surface area contributed by atoms with Crippen LogP contribution in [0.5, 0.6) is 0 Å². The van der Waals surface area contributed by atoms with Gasteiger partial charge < -0.3 is 10.4 Å². The summed E-state index contributed by atoms with van der Waals surface area (Å²) in [6.45, 7) is 0.372. The van der Waals surface area contributed by atoms with Crippen LogP contribution in [0.2, 0.25) is 5.02 Å². The molecule has 0 radical (unpaired) electrons. The molecular formula is C11H13ClN2O5S. The topological polar surface area (TPSA) is 110 Å². The molecule has 0 aliphatic rings. The number of halogens is 1. The number of carboxylic acids is 1. The Bertz CT molecular complexity index is 564. The van der Waals surface area contributed by atoms with Crippen molar-refractivity contribution in [3.8, 4) is 0 Å². The standard InChI is InChI=1S/C11H13ClN2O5S/c1-20(19)4-2-3-13-10-8(11(15)16)5-7(14(17)18)6-9(10)12/h5-6,13H,2-4H2,1H3,(H,15,16). The molecule has 1 aromatic rings. The molecule has 9 heteroatoms. The highest BCUT2D eigenvalue weighted by molar-refractivity contribution is 7.84. The maximum absolute atomic E-state index is 11.1. The van der Waals surface area contributed by atoms with E-state index in [4.69, 9.17) is 16.7 Å². The molecule has 0 heterocycles. The highest BCUT2D eigenvalue weighted by Gasteiger charge is 2.19. The van der Waals surface area contributed by atoms with E-state index in [0.717, 1.165) is 12.1 Å². The van der Waals surface area contributed by atoms with Crippen molar-refractivity contribution >= 4 is 39.7 Å². The predicted octanol–water partition coefficient (Wildman–Crippen LogP) is 2.13. The van der Waals surface area contributed by atoms with Gasteiger partial charge in [0.1, 0.15) is 0 Å². The number of nitro benzene ring substituents is 1. The van der Waals surface area contributed by atoms with E-state index in [2.05, 4.69) is 5.32 Å². The summed E-state index contributed by atoms with van der Waals surface area (Å²) < 4.78 is 10.9. The van der Waals surface area contributed by atoms with Crippen molar-refractivity contribution in [1.82, 2.24) is 0 Å². The van der Waals surface area contributed by atoms with Crippen LogP contribution in [-0.4, -0.2) is 38.8 Å². The van der Waals surface area contributed by atoms with Crippen LogP contribution in [0.4, 0.5) is 11.4 Å². The molecule has 110 valence electrons. The van der Waals surface area contributed by atoms with Gasteiger partial charge in [-0.15, -0.1) is 0 Å². The van der Waals surface area contributed by atoms with E-state index in [1.807, 2.05) is 0 Å². The fourth-order valence-electron chi connectivity index (χ4n) is 1.53. The number of hydrogen-bond donors (Lipinski definition) is 2. The number of carboxylic acid groups (broad SMARTS) is 1. The average molecular weight is 321 g/mol. The lowest BCUT2D eigenvalue weighted by atomic mass is 10.1. The second-order valence-electron chi connectivity index (χ2n) is 3.97. The van der Waals surface area contributed by atoms with Gasteiger partial charge in [-0.25, -0.2) is 4.79 Å². The Morgan fingerprint density at radius 2 is 2.20 bits per heavy atom. The van der Waals surface area contributed by atoms with Crippen molar-refractivity contribution in [1.29, 1.82) is 0 Å². The van der Waals surface area contributed by atoms with Gasteiger partial charge in [-0.3, -0.25) is 14.3 Å². The van der Waals surface area contributed by atoms with E-state index < -0.39 is 21.7 Å². The molecule has 1 rings (SSSR count). The molecule has 0 fully saturated rings. The number of benzene rings is 1. The Kier molecular flexibility index (Phi) is 5.90. The number of nitrogens with zero attached hydrogens (tertiary/aromatic N) is 1. The summed E-state index contributed by atoms with van der Waals surface area (Å²) in [4.78, 5) is 21.1. The van der Waals surface area contributed by atoms with Crippen molar-refractivity contribution < 1.29 is 19.0 Å². The summed E-state index contributed by atoms with van der Waals surface area (Å²) >= 11 is 5.87. The van der Waals surface area contributed by atoms with Crippen LogP contribution in [0, 0.1) is 10.1 Å². The molecule has 0 spiro atoms. The van der Waals surface area contributed by atoms with Gasteiger partial charge in [0.2, 0.25) is 0 Å². The Hall–Kier alpha value is -1.67. The summed E-state index contributed by atoms with van der Waals surface area (Å²) in [5, 5.41) is 22.5. The first-order chi connectivity index (χ1) is 9.32. The zero-order chi connectivity index (χ0) is 15.3. The molecule has 0 bridgehead atoms. The van der Waals surface area contributed by atoms with Gasteiger partial charge in [0.05, 0.1) is 21.2 Å². The molecule has 0 aromatic heterocycles. The Morgan fingerprint density at radius 1 is 1.55 bits per heavy atom. The van der Waals surface area contributed by atoms with Crippen LogP contribution in [-0.2, 0) is 10.8 Å². The molecular weight excluding hydrogens is 308 g/mol. The first kappa shape index (κ1) is 16.4. The largest absolute Gasteiger partial charge is 0.478 e. The fraction of sp³-hybridized carbons (Fsp3) is 0.364. The van der Waals surface area contributed by atoms with Crippen molar-refractivity contribution in [2.24, 2.45) is 0 Å². The summed E-state index contributed by atoms with van der Waals surface area (Å²) in [6, 6.07) is 2.04. The Balaban J connectivity index is 2.96. The van der Waals surface area contributed by atoms with Crippen LogP contribution in [0.15, 0.2) is 12.1 Å². The van der Waals surface area contributed by atoms with Crippen molar-refractivity contribution in [2.75, 3.05) is 23.9 Å². The third-order valence-corrected chi connectivity index (χ3v) is 3.59. The molecule has 0 saturated carbocycles. The smallest absolute Gasteiger partial charge is 0.338 e. The number of aromatic carboxylic acids is 1. The number of non-ortho nitro benzene ring substituents is 1. The molecule has 0 amide bonds. The highest BCUT2D eigenvalue weighted by atomic mass is 35.5. The van der Waals surface area contributed by atoms with Crippen molar-refractivity contribution in [3.05, 3.63) is 32.8 Å². The Labute approximate surface area is 122 Å². The zero-order valence-electron chi connectivity index (χ0n) is 10.6. The monoisotopic (exact) mass is 320 g/mol. The molecule has 20 heavy (non-hydrogen) atoms. The minimum atomic E-state index is -1.31. The number of carbonyl (C=O) groups is 1. The number of rotatable bonds is 7.